The van der Waals surface area contributed by atoms with Gasteiger partial charge in [-0.05, 0) is 36.2 Å². The van der Waals surface area contributed by atoms with Gasteiger partial charge in [-0.2, -0.15) is 0 Å². The fraction of sp³-hybridized carbons (Fsp3) is 0.259. The largest absolute Gasteiger partial charge is 0.389 e. The maximum absolute atomic E-state index is 12.7. The van der Waals surface area contributed by atoms with Crippen molar-refractivity contribution in [1.29, 1.82) is 0 Å². The number of nitrogens with zero attached hydrogens (tertiary/aromatic N) is 2. The first kappa shape index (κ1) is 23.6. The van der Waals surface area contributed by atoms with Crippen LogP contribution in [0.2, 0.25) is 0 Å². The van der Waals surface area contributed by atoms with Gasteiger partial charge in [0.05, 0.1) is 23.7 Å². The van der Waals surface area contributed by atoms with Crippen LogP contribution in [-0.4, -0.2) is 52.0 Å². The maximum Gasteiger partial charge on any atom is 0.251 e. The highest BCUT2D eigenvalue weighted by Crippen LogP contribution is 2.37. The molecule has 0 radical (unpaired) electrons. The fourth-order valence-corrected chi connectivity index (χ4v) is 4.21. The van der Waals surface area contributed by atoms with Crippen molar-refractivity contribution in [3.63, 3.8) is 0 Å². The lowest BCUT2D eigenvalue weighted by Gasteiger charge is -2.29. The van der Waals surface area contributed by atoms with Gasteiger partial charge in [-0.15, -0.1) is 0 Å². The van der Waals surface area contributed by atoms with Crippen molar-refractivity contribution < 1.29 is 19.7 Å². The number of ether oxygens (including phenoxy) is 1. The summed E-state index contributed by atoms with van der Waals surface area (Å²) in [6.45, 7) is 2.76. The standard InChI is InChI=1S/C27H29N3O4/c1-3-30-24-16-19(25(32)28-17-22(31)18-34-2)14-15-23(24)29-26(30)27(33,20-10-6-4-7-11-20)21-12-8-5-9-13-21/h4-16,22,31,33H,3,17-18H2,1-2H3,(H,28,32). The number of nitrogens with one attached hydrogen (secondary N) is 1. The van der Waals surface area contributed by atoms with E-state index in [0.717, 1.165) is 5.52 Å². The number of fused-ring (bicyclic) bond motifs is 1. The van der Waals surface area contributed by atoms with E-state index in [1.807, 2.05) is 72.2 Å². The van der Waals surface area contributed by atoms with Gasteiger partial charge in [0, 0.05) is 25.8 Å². The molecule has 0 aliphatic heterocycles. The first-order chi connectivity index (χ1) is 16.5. The number of hydrogen-bond acceptors (Lipinski definition) is 5. The minimum absolute atomic E-state index is 0.0881. The molecule has 0 fully saturated rings. The molecule has 4 aromatic rings. The van der Waals surface area contributed by atoms with E-state index in [-0.39, 0.29) is 19.1 Å². The number of carbonyl (C=O) groups excluding carboxylic acids is 1. The second-order valence-corrected chi connectivity index (χ2v) is 8.14. The molecule has 0 aliphatic carbocycles. The molecule has 7 heteroatoms. The Morgan fingerprint density at radius 3 is 2.24 bits per heavy atom. The Balaban J connectivity index is 1.80. The predicted octanol–water partition coefficient (Wildman–Crippen LogP) is 3.08. The van der Waals surface area contributed by atoms with Gasteiger partial charge in [0.2, 0.25) is 0 Å². The van der Waals surface area contributed by atoms with E-state index in [9.17, 15) is 15.0 Å². The molecule has 1 heterocycles. The summed E-state index contributed by atoms with van der Waals surface area (Å²) in [5, 5.41) is 24.8. The van der Waals surface area contributed by atoms with Gasteiger partial charge in [0.15, 0.2) is 11.4 Å². The highest BCUT2D eigenvalue weighted by molar-refractivity contribution is 5.97. The Kier molecular flexibility index (Phi) is 7.07. The van der Waals surface area contributed by atoms with Crippen LogP contribution in [0.15, 0.2) is 78.9 Å². The predicted molar refractivity (Wildman–Crippen MR) is 131 cm³/mol. The number of aliphatic hydroxyl groups excluding tert-OH is 1. The number of rotatable bonds is 9. The van der Waals surface area contributed by atoms with Crippen LogP contribution in [0.5, 0.6) is 0 Å². The Morgan fingerprint density at radius 2 is 1.68 bits per heavy atom. The number of benzene rings is 3. The third kappa shape index (κ3) is 4.46. The quantitative estimate of drug-likeness (QED) is 0.358. The second-order valence-electron chi connectivity index (χ2n) is 8.14. The lowest BCUT2D eigenvalue weighted by Crippen LogP contribution is -2.34. The summed E-state index contributed by atoms with van der Waals surface area (Å²) in [7, 11) is 1.49. The lowest BCUT2D eigenvalue weighted by molar-refractivity contribution is 0.0610. The number of hydrogen-bond donors (Lipinski definition) is 3. The smallest absolute Gasteiger partial charge is 0.251 e. The first-order valence-electron chi connectivity index (χ1n) is 11.3. The van der Waals surface area contributed by atoms with Crippen molar-refractivity contribution in [2.75, 3.05) is 20.3 Å². The van der Waals surface area contributed by atoms with Gasteiger partial charge in [-0.1, -0.05) is 60.7 Å². The van der Waals surface area contributed by atoms with E-state index in [2.05, 4.69) is 5.32 Å². The molecule has 1 atom stereocenters. The van der Waals surface area contributed by atoms with Crippen LogP contribution in [0.3, 0.4) is 0 Å². The van der Waals surface area contributed by atoms with Gasteiger partial charge in [0.25, 0.3) is 5.91 Å². The van der Waals surface area contributed by atoms with Crippen LogP contribution in [0.4, 0.5) is 0 Å². The van der Waals surface area contributed by atoms with Crippen LogP contribution >= 0.6 is 0 Å². The monoisotopic (exact) mass is 459 g/mol. The molecule has 1 amide bonds. The zero-order valence-electron chi connectivity index (χ0n) is 19.3. The van der Waals surface area contributed by atoms with Crippen LogP contribution in [0.25, 0.3) is 11.0 Å². The number of aromatic nitrogens is 2. The molecular formula is C27H29N3O4. The lowest BCUT2D eigenvalue weighted by atomic mass is 9.85. The number of imidazole rings is 1. The average molecular weight is 460 g/mol. The van der Waals surface area contributed by atoms with Crippen molar-refractivity contribution in [2.45, 2.75) is 25.2 Å². The van der Waals surface area contributed by atoms with E-state index in [1.54, 1.807) is 18.2 Å². The molecule has 0 spiro atoms. The number of aliphatic hydroxyl groups is 2. The fourth-order valence-electron chi connectivity index (χ4n) is 4.21. The first-order valence-corrected chi connectivity index (χ1v) is 11.3. The molecule has 3 N–H and O–H groups in total. The Morgan fingerprint density at radius 1 is 1.06 bits per heavy atom. The van der Waals surface area contributed by atoms with Crippen LogP contribution in [0.1, 0.15) is 34.2 Å². The third-order valence-electron chi connectivity index (χ3n) is 5.89. The van der Waals surface area contributed by atoms with Crippen LogP contribution < -0.4 is 5.32 Å². The van der Waals surface area contributed by atoms with E-state index >= 15 is 0 Å². The average Bonchev–Trinajstić information content (AvgIpc) is 3.26. The van der Waals surface area contributed by atoms with Crippen molar-refractivity contribution in [3.8, 4) is 0 Å². The normalized spacial score (nSPS) is 12.6. The molecule has 34 heavy (non-hydrogen) atoms. The van der Waals surface area contributed by atoms with Crippen molar-refractivity contribution >= 4 is 16.9 Å². The molecule has 0 bridgehead atoms. The summed E-state index contributed by atoms with van der Waals surface area (Å²) >= 11 is 0. The molecule has 1 aromatic heterocycles. The minimum atomic E-state index is -1.48. The Hall–Kier alpha value is -3.52. The molecule has 0 saturated carbocycles. The summed E-state index contributed by atoms with van der Waals surface area (Å²) in [6.07, 6.45) is -0.780. The summed E-state index contributed by atoms with van der Waals surface area (Å²) in [5.74, 6) is 0.180. The van der Waals surface area contributed by atoms with Gasteiger partial charge in [0.1, 0.15) is 0 Å². The van der Waals surface area contributed by atoms with Crippen molar-refractivity contribution in [2.24, 2.45) is 0 Å². The summed E-state index contributed by atoms with van der Waals surface area (Å²) < 4.78 is 6.84. The van der Waals surface area contributed by atoms with E-state index in [0.29, 0.717) is 34.6 Å². The Labute approximate surface area is 198 Å². The molecule has 3 aromatic carbocycles. The van der Waals surface area contributed by atoms with Crippen LogP contribution in [-0.2, 0) is 16.9 Å². The summed E-state index contributed by atoms with van der Waals surface area (Å²) in [6, 6.07) is 24.2. The zero-order chi connectivity index (χ0) is 24.1. The SMILES string of the molecule is CCn1c(C(O)(c2ccccc2)c2ccccc2)nc2ccc(C(=O)NCC(O)COC)cc21. The number of methoxy groups -OCH3 is 1. The Bertz CT molecular complexity index is 1220. The molecular weight excluding hydrogens is 430 g/mol. The van der Waals surface area contributed by atoms with Gasteiger partial charge in [-0.25, -0.2) is 4.98 Å². The zero-order valence-corrected chi connectivity index (χ0v) is 19.3. The molecule has 0 saturated heterocycles. The third-order valence-corrected chi connectivity index (χ3v) is 5.89. The summed E-state index contributed by atoms with van der Waals surface area (Å²) in [4.78, 5) is 17.5. The highest BCUT2D eigenvalue weighted by atomic mass is 16.5. The molecule has 0 aliphatic rings. The number of carbonyl (C=O) groups is 1. The number of aryl methyl sites for hydroxylation is 1. The molecule has 1 unspecified atom stereocenters. The molecule has 4 rings (SSSR count). The van der Waals surface area contributed by atoms with Crippen LogP contribution in [0, 0.1) is 0 Å². The number of amides is 1. The van der Waals surface area contributed by atoms with Gasteiger partial charge >= 0.3 is 0 Å². The van der Waals surface area contributed by atoms with Gasteiger partial charge in [-0.3, -0.25) is 4.79 Å². The second kappa shape index (κ2) is 10.2. The molecule has 7 nitrogen and oxygen atoms in total. The molecule has 176 valence electrons. The summed E-state index contributed by atoms with van der Waals surface area (Å²) in [5.41, 5.74) is 1.80. The van der Waals surface area contributed by atoms with E-state index in [4.69, 9.17) is 9.72 Å². The van der Waals surface area contributed by atoms with Crippen molar-refractivity contribution in [1.82, 2.24) is 14.9 Å². The van der Waals surface area contributed by atoms with Gasteiger partial charge < -0.3 is 24.8 Å². The van der Waals surface area contributed by atoms with Crippen molar-refractivity contribution in [3.05, 3.63) is 101 Å². The highest BCUT2D eigenvalue weighted by Gasteiger charge is 2.38. The maximum atomic E-state index is 12.7. The van der Waals surface area contributed by atoms with E-state index < -0.39 is 11.7 Å². The topological polar surface area (TPSA) is 96.6 Å². The van der Waals surface area contributed by atoms with E-state index in [1.165, 1.54) is 7.11 Å². The minimum Gasteiger partial charge on any atom is -0.389 e.